The average Bonchev–Trinajstić information content (AvgIpc) is 2.77. The van der Waals surface area contributed by atoms with Gasteiger partial charge in [-0.05, 0) is 18.2 Å². The largest absolute Gasteiger partial charge is 0.497 e. The summed E-state index contributed by atoms with van der Waals surface area (Å²) in [4.78, 5) is 0. The molecule has 1 aromatic carbocycles. The lowest BCUT2D eigenvalue weighted by Crippen LogP contribution is -2.41. The van der Waals surface area contributed by atoms with Crippen molar-refractivity contribution in [1.82, 2.24) is 0 Å². The van der Waals surface area contributed by atoms with Crippen LogP contribution in [0.3, 0.4) is 0 Å². The van der Waals surface area contributed by atoms with E-state index in [0.29, 0.717) is 19.6 Å². The molecule has 1 fully saturated rings. The molecule has 0 aliphatic carbocycles. The molecule has 17 heavy (non-hydrogen) atoms. The molecular formula is C13H16O4. The van der Waals surface area contributed by atoms with Crippen molar-refractivity contribution >= 4 is 0 Å². The number of hydrogen-bond acceptors (Lipinski definition) is 4. The van der Waals surface area contributed by atoms with Crippen molar-refractivity contribution in [1.29, 1.82) is 0 Å². The van der Waals surface area contributed by atoms with Crippen molar-refractivity contribution in [2.45, 2.75) is 24.5 Å². The van der Waals surface area contributed by atoms with Gasteiger partial charge < -0.3 is 19.3 Å². The normalized spacial score (nSPS) is 31.1. The predicted octanol–water partition coefficient (Wildman–Crippen LogP) is 1.67. The van der Waals surface area contributed by atoms with E-state index in [9.17, 15) is 5.11 Å². The Labute approximate surface area is 100 Å². The fraction of sp³-hybridized carbons (Fsp3) is 0.538. The highest BCUT2D eigenvalue weighted by Gasteiger charge is 2.43. The lowest BCUT2D eigenvalue weighted by Gasteiger charge is -2.37. The highest BCUT2D eigenvalue weighted by Crippen LogP contribution is 2.44. The molecule has 1 saturated heterocycles. The second-order valence-corrected chi connectivity index (χ2v) is 4.71. The molecule has 2 aliphatic rings. The third-order valence-corrected chi connectivity index (χ3v) is 3.53. The summed E-state index contributed by atoms with van der Waals surface area (Å²) in [6.07, 6.45) is 0.929. The van der Waals surface area contributed by atoms with E-state index < -0.39 is 6.10 Å². The minimum atomic E-state index is -0.504. The van der Waals surface area contributed by atoms with Crippen LogP contribution in [0.15, 0.2) is 18.2 Å². The molecule has 2 unspecified atom stereocenters. The maximum atomic E-state index is 10.2. The van der Waals surface area contributed by atoms with E-state index in [4.69, 9.17) is 14.2 Å². The molecular weight excluding hydrogens is 220 g/mol. The minimum absolute atomic E-state index is 0.332. The van der Waals surface area contributed by atoms with Gasteiger partial charge in [-0.1, -0.05) is 0 Å². The van der Waals surface area contributed by atoms with Gasteiger partial charge >= 0.3 is 0 Å². The van der Waals surface area contributed by atoms with Crippen LogP contribution in [0.25, 0.3) is 0 Å². The number of rotatable bonds is 1. The molecule has 4 heteroatoms. The predicted molar refractivity (Wildman–Crippen MR) is 61.4 cm³/mol. The van der Waals surface area contributed by atoms with Crippen LogP contribution in [-0.2, 0) is 4.74 Å². The van der Waals surface area contributed by atoms with Crippen molar-refractivity contribution in [3.05, 3.63) is 23.8 Å². The molecule has 0 aromatic heterocycles. The molecule has 92 valence electrons. The Morgan fingerprint density at radius 3 is 3.06 bits per heavy atom. The zero-order chi connectivity index (χ0) is 11.9. The smallest absolute Gasteiger partial charge is 0.137 e. The van der Waals surface area contributed by atoms with Gasteiger partial charge in [-0.15, -0.1) is 0 Å². The molecule has 0 amide bonds. The summed E-state index contributed by atoms with van der Waals surface area (Å²) in [7, 11) is 1.62. The first kappa shape index (κ1) is 10.9. The van der Waals surface area contributed by atoms with Gasteiger partial charge in [0.05, 0.1) is 26.4 Å². The Balaban J connectivity index is 1.96. The van der Waals surface area contributed by atoms with E-state index in [1.54, 1.807) is 7.11 Å². The van der Waals surface area contributed by atoms with E-state index >= 15 is 0 Å². The molecule has 4 nitrogen and oxygen atoms in total. The van der Waals surface area contributed by atoms with Crippen LogP contribution in [-0.4, -0.2) is 31.0 Å². The number of hydrogen-bond donors (Lipinski definition) is 1. The Morgan fingerprint density at radius 1 is 1.47 bits per heavy atom. The molecule has 0 radical (unpaired) electrons. The lowest BCUT2D eigenvalue weighted by atomic mass is 9.88. The van der Waals surface area contributed by atoms with E-state index in [1.165, 1.54) is 0 Å². The molecule has 2 aliphatic heterocycles. The van der Waals surface area contributed by atoms with Crippen molar-refractivity contribution < 1.29 is 19.3 Å². The lowest BCUT2D eigenvalue weighted by molar-refractivity contribution is -0.0195. The van der Waals surface area contributed by atoms with Crippen molar-refractivity contribution in [2.24, 2.45) is 0 Å². The van der Waals surface area contributed by atoms with Gasteiger partial charge in [0.2, 0.25) is 0 Å². The summed E-state index contributed by atoms with van der Waals surface area (Å²) < 4.78 is 16.5. The van der Waals surface area contributed by atoms with Gasteiger partial charge in [0.15, 0.2) is 0 Å². The van der Waals surface area contributed by atoms with Crippen LogP contribution in [0.4, 0.5) is 0 Å². The number of aliphatic hydroxyl groups excluding tert-OH is 1. The summed E-state index contributed by atoms with van der Waals surface area (Å²) in [5.74, 6) is 1.49. The van der Waals surface area contributed by atoms with Gasteiger partial charge in [0, 0.05) is 18.4 Å². The quantitative estimate of drug-likeness (QED) is 0.805. The third kappa shape index (κ3) is 1.77. The Morgan fingerprint density at radius 2 is 2.35 bits per heavy atom. The van der Waals surface area contributed by atoms with Crippen LogP contribution < -0.4 is 9.47 Å². The van der Waals surface area contributed by atoms with Gasteiger partial charge in [-0.3, -0.25) is 0 Å². The van der Waals surface area contributed by atoms with Crippen LogP contribution in [0.1, 0.15) is 24.5 Å². The zero-order valence-electron chi connectivity index (χ0n) is 9.81. The fourth-order valence-corrected chi connectivity index (χ4v) is 2.57. The second kappa shape index (κ2) is 3.89. The Bertz CT molecular complexity index is 423. The number of benzene rings is 1. The molecule has 1 N–H and O–H groups in total. The Kier molecular flexibility index (Phi) is 2.49. The minimum Gasteiger partial charge on any atom is -0.497 e. The van der Waals surface area contributed by atoms with Crippen molar-refractivity contribution in [3.63, 3.8) is 0 Å². The molecule has 3 rings (SSSR count). The molecule has 1 spiro atoms. The first-order chi connectivity index (χ1) is 8.22. The average molecular weight is 236 g/mol. The summed E-state index contributed by atoms with van der Waals surface area (Å²) in [6, 6.07) is 5.54. The van der Waals surface area contributed by atoms with Crippen LogP contribution >= 0.6 is 0 Å². The first-order valence-corrected chi connectivity index (χ1v) is 5.85. The zero-order valence-corrected chi connectivity index (χ0v) is 9.81. The second-order valence-electron chi connectivity index (χ2n) is 4.71. The first-order valence-electron chi connectivity index (χ1n) is 5.85. The number of aliphatic hydroxyl groups is 1. The monoisotopic (exact) mass is 236 g/mol. The molecule has 2 atom stereocenters. The summed E-state index contributed by atoms with van der Waals surface area (Å²) >= 11 is 0. The standard InChI is InChI=1S/C13H16O4/c1-15-9-2-3-12-10(6-9)11(14)7-13(17-12)4-5-16-8-13/h2-3,6,11,14H,4-5,7-8H2,1H3. The van der Waals surface area contributed by atoms with Crippen LogP contribution in [0, 0.1) is 0 Å². The number of fused-ring (bicyclic) bond motifs is 1. The molecule has 0 saturated carbocycles. The summed E-state index contributed by atoms with van der Waals surface area (Å²) in [5.41, 5.74) is 0.475. The number of methoxy groups -OCH3 is 1. The highest BCUT2D eigenvalue weighted by molar-refractivity contribution is 5.43. The van der Waals surface area contributed by atoms with Gasteiger partial charge in [-0.2, -0.15) is 0 Å². The molecule has 2 heterocycles. The fourth-order valence-electron chi connectivity index (χ4n) is 2.57. The highest BCUT2D eigenvalue weighted by atomic mass is 16.6. The van der Waals surface area contributed by atoms with E-state index in [2.05, 4.69) is 0 Å². The number of ether oxygens (including phenoxy) is 3. The van der Waals surface area contributed by atoms with Gasteiger partial charge in [-0.25, -0.2) is 0 Å². The van der Waals surface area contributed by atoms with Crippen molar-refractivity contribution in [3.8, 4) is 11.5 Å². The van der Waals surface area contributed by atoms with Crippen molar-refractivity contribution in [2.75, 3.05) is 20.3 Å². The maximum Gasteiger partial charge on any atom is 0.137 e. The topological polar surface area (TPSA) is 47.9 Å². The summed E-state index contributed by atoms with van der Waals surface area (Å²) in [6.45, 7) is 1.27. The molecule has 1 aromatic rings. The van der Waals surface area contributed by atoms with Gasteiger partial charge in [0.25, 0.3) is 0 Å². The summed E-state index contributed by atoms with van der Waals surface area (Å²) in [5, 5.41) is 10.2. The van der Waals surface area contributed by atoms with E-state index in [1.807, 2.05) is 18.2 Å². The van der Waals surface area contributed by atoms with E-state index in [-0.39, 0.29) is 5.60 Å². The maximum absolute atomic E-state index is 10.2. The van der Waals surface area contributed by atoms with E-state index in [0.717, 1.165) is 23.5 Å². The van der Waals surface area contributed by atoms with Gasteiger partial charge in [0.1, 0.15) is 17.1 Å². The SMILES string of the molecule is COc1ccc2c(c1)C(O)CC1(CCOC1)O2. The van der Waals surface area contributed by atoms with Crippen LogP contribution in [0.5, 0.6) is 11.5 Å². The van der Waals surface area contributed by atoms with Crippen LogP contribution in [0.2, 0.25) is 0 Å². The molecule has 0 bridgehead atoms. The Hall–Kier alpha value is -1.26. The third-order valence-electron chi connectivity index (χ3n) is 3.53.